The minimum absolute atomic E-state index is 0.0856. The molecule has 0 radical (unpaired) electrons. The molecule has 0 spiro atoms. The van der Waals surface area contributed by atoms with Crippen LogP contribution in [0.15, 0.2) is 72.8 Å². The molecule has 0 saturated heterocycles. The maximum atomic E-state index is 14.1. The number of hydrogen-bond donors (Lipinski definition) is 1. The van der Waals surface area contributed by atoms with Crippen molar-refractivity contribution in [3.05, 3.63) is 99.5 Å². The highest BCUT2D eigenvalue weighted by atomic mass is 35.5. The third-order valence-corrected chi connectivity index (χ3v) is 7.89. The van der Waals surface area contributed by atoms with Gasteiger partial charge in [0.05, 0.1) is 17.0 Å². The van der Waals surface area contributed by atoms with E-state index in [1.807, 2.05) is 82.3 Å². The second kappa shape index (κ2) is 13.1. The van der Waals surface area contributed by atoms with Crippen molar-refractivity contribution in [2.24, 2.45) is 0 Å². The molecule has 3 aromatic carbocycles. The summed E-state index contributed by atoms with van der Waals surface area (Å²) < 4.78 is 26.8. The molecule has 0 aliphatic rings. The molecule has 1 atom stereocenters. The van der Waals surface area contributed by atoms with Crippen LogP contribution in [0.1, 0.15) is 37.5 Å². The Labute approximate surface area is 247 Å². The summed E-state index contributed by atoms with van der Waals surface area (Å²) in [5.41, 5.74) is 2.21. The second-order valence-electron chi connectivity index (χ2n) is 10.8. The molecule has 2 amide bonds. The zero-order valence-corrected chi connectivity index (χ0v) is 25.6. The number of benzene rings is 3. The number of halogens is 2. The SMILES string of the molecule is Cc1ccccc1CN(C(=O)CN(c1ccc(Cl)cc1Cl)S(C)(=O)=O)[C@@H](Cc1ccccc1)C(=O)NC(C)(C)C. The minimum atomic E-state index is -3.94. The summed E-state index contributed by atoms with van der Waals surface area (Å²) in [4.78, 5) is 29.4. The molecule has 0 heterocycles. The number of amides is 2. The van der Waals surface area contributed by atoms with Gasteiger partial charge in [0.1, 0.15) is 12.6 Å². The second-order valence-corrected chi connectivity index (χ2v) is 13.5. The standard InChI is InChI=1S/C30H35Cl2N3O4S/c1-21-11-9-10-14-23(21)19-34(27(29(37)33-30(2,3)4)17-22-12-7-6-8-13-22)28(36)20-35(40(5,38)39)26-16-15-24(31)18-25(26)32/h6-16,18,27H,17,19-20H2,1-5H3,(H,33,37)/t27-/m0/s1. The lowest BCUT2D eigenvalue weighted by molar-refractivity contribution is -0.140. The van der Waals surface area contributed by atoms with E-state index in [2.05, 4.69) is 5.32 Å². The number of sulfonamides is 1. The first-order chi connectivity index (χ1) is 18.7. The van der Waals surface area contributed by atoms with Crippen LogP contribution in [0.3, 0.4) is 0 Å². The maximum absolute atomic E-state index is 14.1. The van der Waals surface area contributed by atoms with E-state index >= 15 is 0 Å². The fourth-order valence-electron chi connectivity index (χ4n) is 4.26. The largest absolute Gasteiger partial charge is 0.350 e. The topological polar surface area (TPSA) is 86.8 Å². The molecular formula is C30H35Cl2N3O4S. The molecule has 7 nitrogen and oxygen atoms in total. The molecule has 1 N–H and O–H groups in total. The summed E-state index contributed by atoms with van der Waals surface area (Å²) in [6.07, 6.45) is 1.24. The number of nitrogens with one attached hydrogen (secondary N) is 1. The van der Waals surface area contributed by atoms with Gasteiger partial charge in [0.2, 0.25) is 21.8 Å². The Morgan fingerprint density at radius 1 is 0.950 bits per heavy atom. The van der Waals surface area contributed by atoms with Crippen LogP contribution in [0.25, 0.3) is 0 Å². The number of anilines is 1. The Hall–Kier alpha value is -3.07. The van der Waals surface area contributed by atoms with Crippen LogP contribution in [-0.4, -0.2) is 49.5 Å². The average molecular weight is 605 g/mol. The third kappa shape index (κ3) is 8.71. The fraction of sp³-hybridized carbons (Fsp3) is 0.333. The van der Waals surface area contributed by atoms with Crippen LogP contribution >= 0.6 is 23.2 Å². The maximum Gasteiger partial charge on any atom is 0.244 e. The van der Waals surface area contributed by atoms with Crippen LogP contribution in [0.4, 0.5) is 5.69 Å². The average Bonchev–Trinajstić information content (AvgIpc) is 2.85. The number of carbonyl (C=O) groups excluding carboxylic acids is 2. The summed E-state index contributed by atoms with van der Waals surface area (Å²) >= 11 is 12.4. The van der Waals surface area contributed by atoms with Crippen molar-refractivity contribution in [2.45, 2.75) is 52.2 Å². The zero-order chi connectivity index (χ0) is 29.7. The van der Waals surface area contributed by atoms with Gasteiger partial charge in [-0.2, -0.15) is 0 Å². The van der Waals surface area contributed by atoms with Crippen molar-refractivity contribution in [1.82, 2.24) is 10.2 Å². The van der Waals surface area contributed by atoms with E-state index in [9.17, 15) is 18.0 Å². The molecular weight excluding hydrogens is 569 g/mol. The molecule has 0 unspecified atom stereocenters. The number of hydrogen-bond acceptors (Lipinski definition) is 4. The molecule has 40 heavy (non-hydrogen) atoms. The molecule has 0 aliphatic carbocycles. The van der Waals surface area contributed by atoms with Gasteiger partial charge in [-0.15, -0.1) is 0 Å². The Morgan fingerprint density at radius 2 is 1.57 bits per heavy atom. The van der Waals surface area contributed by atoms with Gasteiger partial charge in [-0.05, 0) is 62.6 Å². The van der Waals surface area contributed by atoms with Gasteiger partial charge in [0.15, 0.2) is 0 Å². The predicted octanol–water partition coefficient (Wildman–Crippen LogP) is 5.62. The monoisotopic (exact) mass is 603 g/mol. The van der Waals surface area contributed by atoms with E-state index in [0.29, 0.717) is 5.02 Å². The Bertz CT molecular complexity index is 1460. The van der Waals surface area contributed by atoms with Crippen LogP contribution in [0.5, 0.6) is 0 Å². The van der Waals surface area contributed by atoms with Crippen molar-refractivity contribution in [3.8, 4) is 0 Å². The predicted molar refractivity (Wildman–Crippen MR) is 162 cm³/mol. The van der Waals surface area contributed by atoms with Crippen molar-refractivity contribution < 1.29 is 18.0 Å². The lowest BCUT2D eigenvalue weighted by Gasteiger charge is -2.35. The Morgan fingerprint density at radius 3 is 2.15 bits per heavy atom. The number of nitrogens with zero attached hydrogens (tertiary/aromatic N) is 2. The van der Waals surface area contributed by atoms with Crippen LogP contribution in [-0.2, 0) is 32.6 Å². The minimum Gasteiger partial charge on any atom is -0.350 e. The van der Waals surface area contributed by atoms with E-state index < -0.39 is 34.1 Å². The van der Waals surface area contributed by atoms with Gasteiger partial charge in [0, 0.05) is 23.5 Å². The lowest BCUT2D eigenvalue weighted by atomic mass is 10.00. The van der Waals surface area contributed by atoms with Gasteiger partial charge < -0.3 is 10.2 Å². The normalized spacial score (nSPS) is 12.5. The van der Waals surface area contributed by atoms with Crippen molar-refractivity contribution in [3.63, 3.8) is 0 Å². The molecule has 0 bridgehead atoms. The van der Waals surface area contributed by atoms with Crippen LogP contribution < -0.4 is 9.62 Å². The van der Waals surface area contributed by atoms with E-state index in [4.69, 9.17) is 23.2 Å². The van der Waals surface area contributed by atoms with Crippen LogP contribution in [0.2, 0.25) is 10.0 Å². The van der Waals surface area contributed by atoms with Crippen molar-refractivity contribution in [1.29, 1.82) is 0 Å². The molecule has 0 saturated carbocycles. The lowest BCUT2D eigenvalue weighted by Crippen LogP contribution is -2.56. The van der Waals surface area contributed by atoms with E-state index in [1.54, 1.807) is 0 Å². The van der Waals surface area contributed by atoms with Gasteiger partial charge in [-0.25, -0.2) is 8.42 Å². The van der Waals surface area contributed by atoms with Gasteiger partial charge in [-0.3, -0.25) is 13.9 Å². The highest BCUT2D eigenvalue weighted by Crippen LogP contribution is 2.31. The molecule has 0 aliphatic heterocycles. The van der Waals surface area contributed by atoms with E-state index in [1.165, 1.54) is 23.1 Å². The highest BCUT2D eigenvalue weighted by Gasteiger charge is 2.34. The summed E-state index contributed by atoms with van der Waals surface area (Å²) in [6, 6.07) is 20.4. The molecule has 0 fully saturated rings. The van der Waals surface area contributed by atoms with Crippen molar-refractivity contribution in [2.75, 3.05) is 17.1 Å². The van der Waals surface area contributed by atoms with Crippen molar-refractivity contribution >= 4 is 50.7 Å². The summed E-state index contributed by atoms with van der Waals surface area (Å²) in [7, 11) is -3.94. The summed E-state index contributed by atoms with van der Waals surface area (Å²) in [5.74, 6) is -0.890. The number of aryl methyl sites for hydroxylation is 1. The number of rotatable bonds is 10. The Kier molecular flexibility index (Phi) is 10.3. The first kappa shape index (κ1) is 31.5. The highest BCUT2D eigenvalue weighted by molar-refractivity contribution is 7.92. The van der Waals surface area contributed by atoms with E-state index in [0.717, 1.165) is 27.3 Å². The Balaban J connectivity index is 2.10. The molecule has 0 aromatic heterocycles. The summed E-state index contributed by atoms with van der Waals surface area (Å²) in [5, 5.41) is 3.42. The van der Waals surface area contributed by atoms with Crippen LogP contribution in [0, 0.1) is 6.92 Å². The number of carbonyl (C=O) groups is 2. The molecule has 214 valence electrons. The summed E-state index contributed by atoms with van der Waals surface area (Å²) in [6.45, 7) is 7.08. The molecule has 10 heteroatoms. The molecule has 3 rings (SSSR count). The fourth-order valence-corrected chi connectivity index (χ4v) is 5.68. The first-order valence-corrected chi connectivity index (χ1v) is 15.4. The smallest absolute Gasteiger partial charge is 0.244 e. The quantitative estimate of drug-likeness (QED) is 0.326. The first-order valence-electron chi connectivity index (χ1n) is 12.8. The van der Waals surface area contributed by atoms with Gasteiger partial charge in [0.25, 0.3) is 0 Å². The van der Waals surface area contributed by atoms with Gasteiger partial charge in [-0.1, -0.05) is 77.8 Å². The zero-order valence-electron chi connectivity index (χ0n) is 23.3. The van der Waals surface area contributed by atoms with E-state index in [-0.39, 0.29) is 29.6 Å². The van der Waals surface area contributed by atoms with Gasteiger partial charge >= 0.3 is 0 Å². The third-order valence-electron chi connectivity index (χ3n) is 6.23. The molecule has 3 aromatic rings.